The van der Waals surface area contributed by atoms with E-state index in [1.807, 2.05) is 0 Å². The third kappa shape index (κ3) is 6.87. The van der Waals surface area contributed by atoms with E-state index in [0.29, 0.717) is 0 Å². The smallest absolute Gasteiger partial charge is 0.194 e. The van der Waals surface area contributed by atoms with Crippen LogP contribution in [0.5, 0.6) is 0 Å². The minimum absolute atomic E-state index is 0. The molecule has 0 bridgehead atoms. The first-order chi connectivity index (χ1) is 12.7. The molecular weight excluding hydrogens is 519 g/mol. The Hall–Kier alpha value is -0.380. The van der Waals surface area contributed by atoms with Gasteiger partial charge in [0.05, 0.1) is 19.8 Å². The lowest BCUT2D eigenvalue weighted by atomic mass is 10.1. The van der Waals surface area contributed by atoms with E-state index in [-0.39, 0.29) is 24.0 Å². The number of aliphatic imine (C=N–C) groups is 1. The Morgan fingerprint density at radius 2 is 2.07 bits per heavy atom. The SMILES string of the molecule is CCNC(=NCc1ccc(Br)cc1C)N1CCC(CN2CCOCC2)C1.I. The molecular formula is C20H32BrIN4O. The van der Waals surface area contributed by atoms with E-state index in [0.717, 1.165) is 68.8 Å². The van der Waals surface area contributed by atoms with Crippen molar-refractivity contribution in [2.45, 2.75) is 26.8 Å². The van der Waals surface area contributed by atoms with E-state index in [1.54, 1.807) is 0 Å². The van der Waals surface area contributed by atoms with Crippen LogP contribution in [0.2, 0.25) is 0 Å². The van der Waals surface area contributed by atoms with Crippen molar-refractivity contribution in [1.29, 1.82) is 0 Å². The van der Waals surface area contributed by atoms with Crippen LogP contribution in [0.3, 0.4) is 0 Å². The van der Waals surface area contributed by atoms with Gasteiger partial charge < -0.3 is 15.0 Å². The fraction of sp³-hybridized carbons (Fsp3) is 0.650. The molecule has 0 aliphatic carbocycles. The first-order valence-corrected chi connectivity index (χ1v) is 10.5. The van der Waals surface area contributed by atoms with Crippen molar-refractivity contribution in [3.05, 3.63) is 33.8 Å². The molecule has 0 radical (unpaired) electrons. The topological polar surface area (TPSA) is 40.1 Å². The van der Waals surface area contributed by atoms with Crippen LogP contribution in [0.25, 0.3) is 0 Å². The molecule has 5 nitrogen and oxygen atoms in total. The molecule has 2 saturated heterocycles. The highest BCUT2D eigenvalue weighted by atomic mass is 127. The van der Waals surface area contributed by atoms with E-state index in [4.69, 9.17) is 9.73 Å². The Balaban J connectivity index is 0.00000261. The third-order valence-corrected chi connectivity index (χ3v) is 5.74. The summed E-state index contributed by atoms with van der Waals surface area (Å²) in [4.78, 5) is 9.90. The van der Waals surface area contributed by atoms with Gasteiger partial charge in [-0.2, -0.15) is 0 Å². The van der Waals surface area contributed by atoms with Crippen LogP contribution in [-0.4, -0.2) is 68.2 Å². The number of morpholine rings is 1. The maximum atomic E-state index is 5.46. The van der Waals surface area contributed by atoms with Gasteiger partial charge >= 0.3 is 0 Å². The lowest BCUT2D eigenvalue weighted by molar-refractivity contribution is 0.0315. The predicted molar refractivity (Wildman–Crippen MR) is 126 cm³/mol. The van der Waals surface area contributed by atoms with E-state index in [2.05, 4.69) is 63.1 Å². The standard InChI is InChI=1S/C20H31BrN4O.HI/c1-3-22-20(23-13-18-4-5-19(21)12-16(18)2)25-7-6-17(15-25)14-24-8-10-26-11-9-24;/h4-5,12,17H,3,6-11,13-15H2,1-2H3,(H,22,23);1H. The Morgan fingerprint density at radius 3 is 2.78 bits per heavy atom. The Bertz CT molecular complexity index is 622. The van der Waals surface area contributed by atoms with Crippen molar-refractivity contribution in [1.82, 2.24) is 15.1 Å². The zero-order valence-corrected chi connectivity index (χ0v) is 20.3. The molecule has 7 heteroatoms. The van der Waals surface area contributed by atoms with Gasteiger partial charge in [0.1, 0.15) is 0 Å². The number of hydrogen-bond acceptors (Lipinski definition) is 3. The summed E-state index contributed by atoms with van der Waals surface area (Å²) in [6.45, 7) is 13.2. The largest absolute Gasteiger partial charge is 0.379 e. The van der Waals surface area contributed by atoms with Gasteiger partial charge in [-0.1, -0.05) is 22.0 Å². The molecule has 27 heavy (non-hydrogen) atoms. The molecule has 0 saturated carbocycles. The monoisotopic (exact) mass is 550 g/mol. The molecule has 0 spiro atoms. The normalized spacial score (nSPS) is 21.2. The Labute approximate surface area is 189 Å². The van der Waals surface area contributed by atoms with Crippen molar-refractivity contribution in [2.75, 3.05) is 52.5 Å². The number of nitrogens with zero attached hydrogens (tertiary/aromatic N) is 3. The Kier molecular flexibility index (Phi) is 9.82. The minimum Gasteiger partial charge on any atom is -0.379 e. The molecule has 2 fully saturated rings. The van der Waals surface area contributed by atoms with E-state index < -0.39 is 0 Å². The lowest BCUT2D eigenvalue weighted by Gasteiger charge is -2.29. The maximum Gasteiger partial charge on any atom is 0.194 e. The van der Waals surface area contributed by atoms with Gasteiger partial charge in [0.2, 0.25) is 0 Å². The molecule has 1 atom stereocenters. The number of guanidine groups is 1. The van der Waals surface area contributed by atoms with Gasteiger partial charge in [-0.3, -0.25) is 4.90 Å². The predicted octanol–water partition coefficient (Wildman–Crippen LogP) is 3.50. The van der Waals surface area contributed by atoms with E-state index in [1.165, 1.54) is 24.1 Å². The molecule has 1 unspecified atom stereocenters. The van der Waals surface area contributed by atoms with Gasteiger partial charge in [-0.15, -0.1) is 24.0 Å². The van der Waals surface area contributed by atoms with Gasteiger partial charge in [0.25, 0.3) is 0 Å². The van der Waals surface area contributed by atoms with Crippen molar-refractivity contribution >= 4 is 45.9 Å². The zero-order chi connectivity index (χ0) is 18.4. The number of benzene rings is 1. The van der Waals surface area contributed by atoms with Gasteiger partial charge in [-0.05, 0) is 49.4 Å². The molecule has 1 aromatic rings. The molecule has 0 aromatic heterocycles. The molecule has 3 rings (SSSR count). The number of ether oxygens (including phenoxy) is 1. The lowest BCUT2D eigenvalue weighted by Crippen LogP contribution is -2.42. The van der Waals surface area contributed by atoms with E-state index >= 15 is 0 Å². The van der Waals surface area contributed by atoms with Crippen LogP contribution in [0, 0.1) is 12.8 Å². The first-order valence-electron chi connectivity index (χ1n) is 9.74. The second-order valence-corrected chi connectivity index (χ2v) is 8.17. The molecule has 152 valence electrons. The fourth-order valence-corrected chi connectivity index (χ4v) is 4.22. The van der Waals surface area contributed by atoms with Crippen molar-refractivity contribution in [2.24, 2.45) is 10.9 Å². The number of nitrogens with one attached hydrogen (secondary N) is 1. The number of likely N-dealkylation sites (tertiary alicyclic amines) is 1. The number of aryl methyl sites for hydroxylation is 1. The number of hydrogen-bond donors (Lipinski definition) is 1. The van der Waals surface area contributed by atoms with Crippen LogP contribution in [0.4, 0.5) is 0 Å². The summed E-state index contributed by atoms with van der Waals surface area (Å²) in [7, 11) is 0. The Morgan fingerprint density at radius 1 is 1.30 bits per heavy atom. The number of rotatable bonds is 5. The maximum absolute atomic E-state index is 5.46. The van der Waals surface area contributed by atoms with Crippen LogP contribution < -0.4 is 5.32 Å². The summed E-state index contributed by atoms with van der Waals surface area (Å²) in [5.74, 6) is 1.78. The summed E-state index contributed by atoms with van der Waals surface area (Å²) in [6, 6.07) is 6.42. The van der Waals surface area contributed by atoms with Crippen LogP contribution in [0.1, 0.15) is 24.5 Å². The quantitative estimate of drug-likeness (QED) is 0.346. The summed E-state index contributed by atoms with van der Waals surface area (Å²) < 4.78 is 6.59. The summed E-state index contributed by atoms with van der Waals surface area (Å²) in [6.07, 6.45) is 1.25. The third-order valence-electron chi connectivity index (χ3n) is 5.24. The van der Waals surface area contributed by atoms with Crippen LogP contribution >= 0.6 is 39.9 Å². The second kappa shape index (κ2) is 11.6. The van der Waals surface area contributed by atoms with Crippen molar-refractivity contribution in [3.63, 3.8) is 0 Å². The molecule has 2 heterocycles. The highest BCUT2D eigenvalue weighted by molar-refractivity contribution is 14.0. The molecule has 2 aliphatic rings. The fourth-order valence-electron chi connectivity index (χ4n) is 3.75. The van der Waals surface area contributed by atoms with Crippen molar-refractivity contribution in [3.8, 4) is 0 Å². The average Bonchev–Trinajstić information content (AvgIpc) is 3.09. The minimum atomic E-state index is 0. The summed E-state index contributed by atoms with van der Waals surface area (Å²) in [5.41, 5.74) is 2.57. The summed E-state index contributed by atoms with van der Waals surface area (Å²) >= 11 is 3.53. The molecule has 1 N–H and O–H groups in total. The van der Waals surface area contributed by atoms with E-state index in [9.17, 15) is 0 Å². The van der Waals surface area contributed by atoms with Gasteiger partial charge in [0.15, 0.2) is 5.96 Å². The van der Waals surface area contributed by atoms with Crippen LogP contribution in [0.15, 0.2) is 27.7 Å². The second-order valence-electron chi connectivity index (χ2n) is 7.25. The zero-order valence-electron chi connectivity index (χ0n) is 16.4. The molecule has 0 amide bonds. The highest BCUT2D eigenvalue weighted by Crippen LogP contribution is 2.20. The average molecular weight is 551 g/mol. The summed E-state index contributed by atoms with van der Waals surface area (Å²) in [5, 5.41) is 3.48. The highest BCUT2D eigenvalue weighted by Gasteiger charge is 2.27. The number of halogens is 2. The van der Waals surface area contributed by atoms with Gasteiger partial charge in [-0.25, -0.2) is 4.99 Å². The molecule has 2 aliphatic heterocycles. The van der Waals surface area contributed by atoms with Crippen molar-refractivity contribution < 1.29 is 4.74 Å². The first kappa shape index (κ1) is 22.9. The van der Waals surface area contributed by atoms with Crippen LogP contribution in [-0.2, 0) is 11.3 Å². The molecule has 1 aromatic carbocycles. The van der Waals surface area contributed by atoms with Gasteiger partial charge in [0, 0.05) is 43.7 Å².